The number of fused-ring (bicyclic) bond motifs is 1. The van der Waals surface area contributed by atoms with E-state index >= 15 is 0 Å². The predicted octanol–water partition coefficient (Wildman–Crippen LogP) is 4.31. The number of aryl methyl sites for hydroxylation is 1. The Morgan fingerprint density at radius 2 is 1.96 bits per heavy atom. The number of rotatable bonds is 7. The van der Waals surface area contributed by atoms with Crippen molar-refractivity contribution in [1.29, 1.82) is 0 Å². The van der Waals surface area contributed by atoms with E-state index in [0.29, 0.717) is 6.42 Å². The number of ether oxygens (including phenoxy) is 1. The number of imidazole rings is 1. The average Bonchev–Trinajstić information content (AvgIpc) is 3.03. The SMILES string of the molecule is CCc1nc2ccc(OC)cc2n1C(CC(C)C(=O)O)c1ccccc1. The van der Waals surface area contributed by atoms with Crippen molar-refractivity contribution in [2.75, 3.05) is 7.11 Å². The van der Waals surface area contributed by atoms with Gasteiger partial charge in [0.25, 0.3) is 0 Å². The first-order valence-corrected chi connectivity index (χ1v) is 8.87. The Hall–Kier alpha value is -2.82. The van der Waals surface area contributed by atoms with E-state index in [1.54, 1.807) is 14.0 Å². The molecule has 0 radical (unpaired) electrons. The maximum atomic E-state index is 11.5. The van der Waals surface area contributed by atoms with Crippen LogP contribution in [-0.2, 0) is 11.2 Å². The van der Waals surface area contributed by atoms with Crippen LogP contribution in [0.2, 0.25) is 0 Å². The van der Waals surface area contributed by atoms with E-state index in [0.717, 1.165) is 34.6 Å². The summed E-state index contributed by atoms with van der Waals surface area (Å²) in [6.45, 7) is 3.82. The van der Waals surface area contributed by atoms with Crippen molar-refractivity contribution in [2.24, 2.45) is 5.92 Å². The van der Waals surface area contributed by atoms with Gasteiger partial charge in [-0.25, -0.2) is 4.98 Å². The van der Waals surface area contributed by atoms with E-state index in [4.69, 9.17) is 9.72 Å². The Bertz CT molecular complexity index is 902. The van der Waals surface area contributed by atoms with Gasteiger partial charge in [-0.3, -0.25) is 4.79 Å². The minimum atomic E-state index is -0.786. The highest BCUT2D eigenvalue weighted by Crippen LogP contribution is 2.33. The summed E-state index contributed by atoms with van der Waals surface area (Å²) in [5, 5.41) is 9.45. The summed E-state index contributed by atoms with van der Waals surface area (Å²) < 4.78 is 7.56. The standard InChI is InChI=1S/C21H24N2O3/c1-4-20-22-17-11-10-16(26-3)13-19(17)23(20)18(12-14(2)21(24)25)15-8-6-5-7-9-15/h5-11,13-14,18H,4,12H2,1-3H3,(H,24,25). The van der Waals surface area contributed by atoms with Gasteiger partial charge in [0.1, 0.15) is 11.6 Å². The molecule has 0 aliphatic heterocycles. The van der Waals surface area contributed by atoms with Crippen LogP contribution in [0.1, 0.15) is 37.7 Å². The number of benzene rings is 2. The lowest BCUT2D eigenvalue weighted by Crippen LogP contribution is -2.20. The summed E-state index contributed by atoms with van der Waals surface area (Å²) in [7, 11) is 1.64. The number of aliphatic carboxylic acids is 1. The quantitative estimate of drug-likeness (QED) is 0.688. The molecule has 0 aliphatic rings. The molecule has 0 saturated heterocycles. The maximum absolute atomic E-state index is 11.5. The first-order valence-electron chi connectivity index (χ1n) is 8.87. The number of methoxy groups -OCH3 is 1. The minimum absolute atomic E-state index is 0.102. The minimum Gasteiger partial charge on any atom is -0.497 e. The zero-order chi connectivity index (χ0) is 18.7. The fourth-order valence-corrected chi connectivity index (χ4v) is 3.35. The molecule has 0 saturated carbocycles. The summed E-state index contributed by atoms with van der Waals surface area (Å²) in [6, 6.07) is 15.8. The van der Waals surface area contributed by atoms with Gasteiger partial charge >= 0.3 is 5.97 Å². The summed E-state index contributed by atoms with van der Waals surface area (Å²) in [6.07, 6.45) is 1.26. The third-order valence-electron chi connectivity index (χ3n) is 4.78. The number of aromatic nitrogens is 2. The summed E-state index contributed by atoms with van der Waals surface area (Å²) in [5.41, 5.74) is 2.94. The van der Waals surface area contributed by atoms with Crippen LogP contribution < -0.4 is 4.74 Å². The van der Waals surface area contributed by atoms with Crippen LogP contribution in [0.3, 0.4) is 0 Å². The molecule has 2 atom stereocenters. The fraction of sp³-hybridized carbons (Fsp3) is 0.333. The summed E-state index contributed by atoms with van der Waals surface area (Å²) in [5.74, 6) is 0.457. The van der Waals surface area contributed by atoms with Crippen molar-refractivity contribution in [3.05, 3.63) is 59.9 Å². The molecule has 0 aliphatic carbocycles. The van der Waals surface area contributed by atoms with Crippen LogP contribution >= 0.6 is 0 Å². The van der Waals surface area contributed by atoms with Crippen molar-refractivity contribution < 1.29 is 14.6 Å². The molecule has 3 rings (SSSR count). The van der Waals surface area contributed by atoms with E-state index < -0.39 is 11.9 Å². The zero-order valence-corrected chi connectivity index (χ0v) is 15.3. The number of carboxylic acid groups (broad SMARTS) is 1. The lowest BCUT2D eigenvalue weighted by atomic mass is 9.95. The molecule has 5 heteroatoms. The molecule has 0 amide bonds. The highest BCUT2D eigenvalue weighted by molar-refractivity contribution is 5.78. The zero-order valence-electron chi connectivity index (χ0n) is 15.3. The number of carboxylic acids is 1. The van der Waals surface area contributed by atoms with Gasteiger partial charge < -0.3 is 14.4 Å². The molecule has 1 N–H and O–H groups in total. The smallest absolute Gasteiger partial charge is 0.306 e. The molecule has 5 nitrogen and oxygen atoms in total. The number of nitrogens with zero attached hydrogens (tertiary/aromatic N) is 2. The van der Waals surface area contributed by atoms with E-state index in [9.17, 15) is 9.90 Å². The van der Waals surface area contributed by atoms with Gasteiger partial charge in [-0.1, -0.05) is 44.2 Å². The molecule has 0 spiro atoms. The molecule has 2 aromatic carbocycles. The van der Waals surface area contributed by atoms with Gasteiger partial charge in [0.2, 0.25) is 0 Å². The fourth-order valence-electron chi connectivity index (χ4n) is 3.35. The van der Waals surface area contributed by atoms with E-state index in [-0.39, 0.29) is 6.04 Å². The van der Waals surface area contributed by atoms with Gasteiger partial charge in [0.15, 0.2) is 0 Å². The van der Waals surface area contributed by atoms with Crippen molar-refractivity contribution in [1.82, 2.24) is 9.55 Å². The van der Waals surface area contributed by atoms with Gasteiger partial charge in [0.05, 0.1) is 30.1 Å². The van der Waals surface area contributed by atoms with Crippen molar-refractivity contribution in [2.45, 2.75) is 32.7 Å². The van der Waals surface area contributed by atoms with Crippen LogP contribution in [-0.4, -0.2) is 27.7 Å². The number of hydrogen-bond acceptors (Lipinski definition) is 3. The third kappa shape index (κ3) is 3.43. The molecule has 136 valence electrons. The molecule has 0 bridgehead atoms. The van der Waals surface area contributed by atoms with Crippen LogP contribution in [0.4, 0.5) is 0 Å². The average molecular weight is 352 g/mol. The van der Waals surface area contributed by atoms with Crippen LogP contribution in [0.5, 0.6) is 5.75 Å². The Balaban J connectivity index is 2.20. The maximum Gasteiger partial charge on any atom is 0.306 e. The molecular formula is C21H24N2O3. The first kappa shape index (κ1) is 18.0. The highest BCUT2D eigenvalue weighted by Gasteiger charge is 2.25. The van der Waals surface area contributed by atoms with Crippen LogP contribution in [0.25, 0.3) is 11.0 Å². The highest BCUT2D eigenvalue weighted by atomic mass is 16.5. The Morgan fingerprint density at radius 3 is 2.58 bits per heavy atom. The second kappa shape index (κ2) is 7.60. The Morgan fingerprint density at radius 1 is 1.23 bits per heavy atom. The molecular weight excluding hydrogens is 328 g/mol. The first-order chi connectivity index (χ1) is 12.5. The van der Waals surface area contributed by atoms with Gasteiger partial charge in [0, 0.05) is 12.5 Å². The van der Waals surface area contributed by atoms with Crippen molar-refractivity contribution >= 4 is 17.0 Å². The Kier molecular flexibility index (Phi) is 5.26. The lowest BCUT2D eigenvalue weighted by Gasteiger charge is -2.24. The molecule has 1 heterocycles. The van der Waals surface area contributed by atoms with Gasteiger partial charge in [-0.15, -0.1) is 0 Å². The van der Waals surface area contributed by atoms with Crippen molar-refractivity contribution in [3.8, 4) is 5.75 Å². The van der Waals surface area contributed by atoms with E-state index in [1.807, 2.05) is 48.5 Å². The van der Waals surface area contributed by atoms with Gasteiger partial charge in [-0.05, 0) is 24.1 Å². The van der Waals surface area contributed by atoms with Crippen LogP contribution in [0.15, 0.2) is 48.5 Å². The molecule has 2 unspecified atom stereocenters. The molecule has 1 aromatic heterocycles. The Labute approximate surface area is 153 Å². The molecule has 3 aromatic rings. The van der Waals surface area contributed by atoms with Crippen LogP contribution in [0, 0.1) is 5.92 Å². The predicted molar refractivity (Wildman–Crippen MR) is 102 cm³/mol. The van der Waals surface area contributed by atoms with Gasteiger partial charge in [-0.2, -0.15) is 0 Å². The van der Waals surface area contributed by atoms with E-state index in [1.165, 1.54) is 0 Å². The largest absolute Gasteiger partial charge is 0.497 e. The van der Waals surface area contributed by atoms with Crippen molar-refractivity contribution in [3.63, 3.8) is 0 Å². The second-order valence-corrected chi connectivity index (χ2v) is 6.51. The summed E-state index contributed by atoms with van der Waals surface area (Å²) >= 11 is 0. The molecule has 0 fully saturated rings. The number of hydrogen-bond donors (Lipinski definition) is 1. The second-order valence-electron chi connectivity index (χ2n) is 6.51. The third-order valence-corrected chi connectivity index (χ3v) is 4.78. The molecule has 26 heavy (non-hydrogen) atoms. The van der Waals surface area contributed by atoms with E-state index in [2.05, 4.69) is 11.5 Å². The normalized spacial score (nSPS) is 13.5. The topological polar surface area (TPSA) is 64.4 Å². The monoisotopic (exact) mass is 352 g/mol. The number of carbonyl (C=O) groups is 1. The summed E-state index contributed by atoms with van der Waals surface area (Å²) in [4.78, 5) is 16.3. The lowest BCUT2D eigenvalue weighted by molar-refractivity contribution is -0.141.